The second-order valence-corrected chi connectivity index (χ2v) is 5.56. The number of rotatable bonds is 11. The van der Waals surface area contributed by atoms with Gasteiger partial charge in [0.15, 0.2) is 0 Å². The topological polar surface area (TPSA) is 57.6 Å². The highest BCUT2D eigenvalue weighted by molar-refractivity contribution is 5.81. The van der Waals surface area contributed by atoms with Crippen LogP contribution in [0.1, 0.15) is 65.7 Å². The number of hydrogen-bond acceptors (Lipinski definition) is 2. The van der Waals surface area contributed by atoms with Crippen LogP contribution in [0.15, 0.2) is 0 Å². The molecule has 0 radical (unpaired) electrons. The van der Waals surface area contributed by atoms with E-state index in [4.69, 9.17) is 5.11 Å². The Morgan fingerprint density at radius 1 is 1.11 bits per heavy atom. The van der Waals surface area contributed by atoms with Crippen LogP contribution in [0, 0.1) is 5.92 Å². The van der Waals surface area contributed by atoms with Gasteiger partial charge >= 0.3 is 5.97 Å². The highest BCUT2D eigenvalue weighted by Crippen LogP contribution is 2.10. The lowest BCUT2D eigenvalue weighted by atomic mass is 10.0. The normalized spacial score (nSPS) is 10.7. The van der Waals surface area contributed by atoms with Crippen LogP contribution in [0.2, 0.25) is 0 Å². The fourth-order valence-electron chi connectivity index (χ4n) is 1.97. The number of carboxylic acids is 1. The third-order valence-electron chi connectivity index (χ3n) is 3.13. The summed E-state index contributed by atoms with van der Waals surface area (Å²) in [7, 11) is 0. The Balaban J connectivity index is 3.92. The summed E-state index contributed by atoms with van der Waals surface area (Å²) >= 11 is 0. The Hall–Kier alpha value is -1.06. The fraction of sp³-hybridized carbons (Fsp3) is 0.867. The number of aliphatic carboxylic acids is 1. The first-order valence-corrected chi connectivity index (χ1v) is 7.47. The Kier molecular flexibility index (Phi) is 10.2. The minimum absolute atomic E-state index is 0.0135. The van der Waals surface area contributed by atoms with Gasteiger partial charge < -0.3 is 10.0 Å². The van der Waals surface area contributed by atoms with E-state index in [2.05, 4.69) is 13.8 Å². The number of hydrogen-bond donors (Lipinski definition) is 1. The summed E-state index contributed by atoms with van der Waals surface area (Å²) in [6.45, 7) is 6.84. The summed E-state index contributed by atoms with van der Waals surface area (Å²) < 4.78 is 0. The van der Waals surface area contributed by atoms with Crippen LogP contribution in [0.5, 0.6) is 0 Å². The molecule has 0 aromatic rings. The third-order valence-corrected chi connectivity index (χ3v) is 3.13. The maximum Gasteiger partial charge on any atom is 0.323 e. The van der Waals surface area contributed by atoms with Crippen LogP contribution >= 0.6 is 0 Å². The van der Waals surface area contributed by atoms with Gasteiger partial charge in [-0.25, -0.2) is 0 Å². The molecule has 0 saturated heterocycles. The van der Waals surface area contributed by atoms with Gasteiger partial charge in [-0.15, -0.1) is 0 Å². The molecule has 0 rings (SSSR count). The maximum absolute atomic E-state index is 11.9. The van der Waals surface area contributed by atoms with Crippen molar-refractivity contribution in [1.29, 1.82) is 0 Å². The zero-order chi connectivity index (χ0) is 14.7. The maximum atomic E-state index is 11.9. The lowest BCUT2D eigenvalue weighted by Gasteiger charge is -2.20. The molecule has 0 aliphatic carbocycles. The first-order valence-electron chi connectivity index (χ1n) is 7.47. The molecular formula is C15H29NO3. The van der Waals surface area contributed by atoms with E-state index in [-0.39, 0.29) is 12.5 Å². The second kappa shape index (κ2) is 10.8. The Morgan fingerprint density at radius 3 is 2.32 bits per heavy atom. The predicted octanol–water partition coefficient (Wildman–Crippen LogP) is 3.31. The van der Waals surface area contributed by atoms with Gasteiger partial charge in [0.05, 0.1) is 0 Å². The highest BCUT2D eigenvalue weighted by Gasteiger charge is 2.15. The lowest BCUT2D eigenvalue weighted by Crippen LogP contribution is -2.36. The minimum Gasteiger partial charge on any atom is -0.480 e. The Bertz CT molecular complexity index is 264. The quantitative estimate of drug-likeness (QED) is 0.586. The largest absolute Gasteiger partial charge is 0.480 e. The van der Waals surface area contributed by atoms with E-state index < -0.39 is 5.97 Å². The molecule has 0 atom stereocenters. The summed E-state index contributed by atoms with van der Waals surface area (Å²) in [4.78, 5) is 24.2. The van der Waals surface area contributed by atoms with Crippen LogP contribution < -0.4 is 0 Å². The molecule has 0 aliphatic rings. The Morgan fingerprint density at radius 2 is 1.79 bits per heavy atom. The van der Waals surface area contributed by atoms with Crippen molar-refractivity contribution >= 4 is 11.9 Å². The predicted molar refractivity (Wildman–Crippen MR) is 77.0 cm³/mol. The van der Waals surface area contributed by atoms with Gasteiger partial charge in [0.2, 0.25) is 5.91 Å². The van der Waals surface area contributed by atoms with Crippen LogP contribution in [-0.4, -0.2) is 35.0 Å². The van der Waals surface area contributed by atoms with Crippen molar-refractivity contribution < 1.29 is 14.7 Å². The average molecular weight is 271 g/mol. The zero-order valence-corrected chi connectivity index (χ0v) is 12.7. The van der Waals surface area contributed by atoms with Crippen molar-refractivity contribution in [3.63, 3.8) is 0 Å². The van der Waals surface area contributed by atoms with E-state index in [0.717, 1.165) is 32.1 Å². The van der Waals surface area contributed by atoms with E-state index >= 15 is 0 Å². The van der Waals surface area contributed by atoms with E-state index in [1.807, 2.05) is 6.92 Å². The van der Waals surface area contributed by atoms with Crippen LogP contribution in [0.25, 0.3) is 0 Å². The van der Waals surface area contributed by atoms with Crippen molar-refractivity contribution in [2.45, 2.75) is 65.7 Å². The smallest absolute Gasteiger partial charge is 0.323 e. The summed E-state index contributed by atoms with van der Waals surface area (Å²) in [5, 5.41) is 8.81. The fourth-order valence-corrected chi connectivity index (χ4v) is 1.97. The number of unbranched alkanes of at least 4 members (excludes halogenated alkanes) is 3. The molecule has 0 spiro atoms. The van der Waals surface area contributed by atoms with Gasteiger partial charge in [-0.1, -0.05) is 46.5 Å². The van der Waals surface area contributed by atoms with E-state index in [9.17, 15) is 9.59 Å². The highest BCUT2D eigenvalue weighted by atomic mass is 16.4. The van der Waals surface area contributed by atoms with Crippen molar-refractivity contribution in [2.75, 3.05) is 13.1 Å². The molecule has 0 aliphatic heterocycles. The van der Waals surface area contributed by atoms with Gasteiger partial charge in [-0.05, 0) is 18.8 Å². The first kappa shape index (κ1) is 17.9. The molecular weight excluding hydrogens is 242 g/mol. The lowest BCUT2D eigenvalue weighted by molar-refractivity contribution is -0.144. The standard InChI is InChI=1S/C15H29NO3/c1-4-5-11-16(12-15(18)19)14(17)10-8-6-7-9-13(2)3/h13H,4-12H2,1-3H3,(H,18,19). The monoisotopic (exact) mass is 271 g/mol. The molecule has 0 aromatic carbocycles. The SMILES string of the molecule is CCCCN(CC(=O)O)C(=O)CCCCCC(C)C. The van der Waals surface area contributed by atoms with Crippen LogP contribution in [0.4, 0.5) is 0 Å². The van der Waals surface area contributed by atoms with Crippen molar-refractivity contribution in [2.24, 2.45) is 5.92 Å². The first-order chi connectivity index (χ1) is 8.97. The van der Waals surface area contributed by atoms with E-state index in [0.29, 0.717) is 18.9 Å². The van der Waals surface area contributed by atoms with Crippen molar-refractivity contribution in [1.82, 2.24) is 4.90 Å². The number of carboxylic acid groups (broad SMARTS) is 1. The van der Waals surface area contributed by atoms with E-state index in [1.165, 1.54) is 11.3 Å². The third kappa shape index (κ3) is 10.5. The minimum atomic E-state index is -0.927. The molecule has 0 bridgehead atoms. The molecule has 0 unspecified atom stereocenters. The van der Waals surface area contributed by atoms with Crippen molar-refractivity contribution in [3.05, 3.63) is 0 Å². The molecule has 1 amide bonds. The van der Waals surface area contributed by atoms with Gasteiger partial charge in [0.1, 0.15) is 6.54 Å². The molecule has 19 heavy (non-hydrogen) atoms. The molecule has 0 fully saturated rings. The zero-order valence-electron chi connectivity index (χ0n) is 12.7. The summed E-state index contributed by atoms with van der Waals surface area (Å²) in [5.41, 5.74) is 0. The molecule has 112 valence electrons. The second-order valence-electron chi connectivity index (χ2n) is 5.56. The number of nitrogens with zero attached hydrogens (tertiary/aromatic N) is 1. The number of carbonyl (C=O) groups excluding carboxylic acids is 1. The van der Waals surface area contributed by atoms with Gasteiger partial charge in [0.25, 0.3) is 0 Å². The number of amides is 1. The molecule has 4 heteroatoms. The number of carbonyl (C=O) groups is 2. The Labute approximate surface area is 117 Å². The van der Waals surface area contributed by atoms with Crippen LogP contribution in [0.3, 0.4) is 0 Å². The summed E-state index contributed by atoms with van der Waals surface area (Å²) in [6, 6.07) is 0. The van der Waals surface area contributed by atoms with Crippen molar-refractivity contribution in [3.8, 4) is 0 Å². The molecule has 0 aromatic heterocycles. The molecule has 4 nitrogen and oxygen atoms in total. The van der Waals surface area contributed by atoms with Gasteiger partial charge in [-0.3, -0.25) is 9.59 Å². The van der Waals surface area contributed by atoms with Crippen LogP contribution in [-0.2, 0) is 9.59 Å². The molecule has 1 N–H and O–H groups in total. The van der Waals surface area contributed by atoms with E-state index in [1.54, 1.807) is 0 Å². The molecule has 0 heterocycles. The average Bonchev–Trinajstić information content (AvgIpc) is 2.32. The summed E-state index contributed by atoms with van der Waals surface area (Å²) in [5.74, 6) is -0.228. The van der Waals surface area contributed by atoms with Gasteiger partial charge in [0, 0.05) is 13.0 Å². The summed E-state index contributed by atoms with van der Waals surface area (Å²) in [6.07, 6.45) is 6.59. The molecule has 0 saturated carbocycles. The van der Waals surface area contributed by atoms with Gasteiger partial charge in [-0.2, -0.15) is 0 Å².